The summed E-state index contributed by atoms with van der Waals surface area (Å²) in [6.45, 7) is 6.53. The van der Waals surface area contributed by atoms with E-state index in [1.54, 1.807) is 12.1 Å². The van der Waals surface area contributed by atoms with Gasteiger partial charge in [-0.2, -0.15) is 0 Å². The van der Waals surface area contributed by atoms with E-state index in [9.17, 15) is 13.2 Å². The largest absolute Gasteiger partial charge is 0.335 e. The van der Waals surface area contributed by atoms with E-state index in [-0.39, 0.29) is 16.8 Å². The minimum absolute atomic E-state index is 0.0114. The van der Waals surface area contributed by atoms with Crippen molar-refractivity contribution in [1.29, 1.82) is 0 Å². The van der Waals surface area contributed by atoms with E-state index in [1.807, 2.05) is 18.7 Å². The monoisotopic (exact) mass is 364 g/mol. The fourth-order valence-corrected chi connectivity index (χ4v) is 4.84. The number of rotatable bonds is 3. The predicted octanol–water partition coefficient (Wildman–Crippen LogP) is 2.31. The molecule has 2 heterocycles. The van der Waals surface area contributed by atoms with Gasteiger partial charge in [0.2, 0.25) is 0 Å². The number of nitrogens with zero attached hydrogens (tertiary/aromatic N) is 1. The van der Waals surface area contributed by atoms with Gasteiger partial charge in [-0.1, -0.05) is 0 Å². The van der Waals surface area contributed by atoms with Crippen LogP contribution < -0.4 is 5.32 Å². The van der Waals surface area contributed by atoms with Crippen LogP contribution in [0.15, 0.2) is 17.0 Å². The van der Waals surface area contributed by atoms with Crippen molar-refractivity contribution in [1.82, 2.24) is 10.2 Å². The highest BCUT2D eigenvalue weighted by molar-refractivity contribution is 7.90. The van der Waals surface area contributed by atoms with E-state index < -0.39 is 9.84 Å². The van der Waals surface area contributed by atoms with E-state index in [4.69, 9.17) is 0 Å². The number of benzene rings is 1. The number of sulfone groups is 1. The Bertz CT molecular complexity index is 767. The molecule has 2 unspecified atom stereocenters. The third-order valence-electron chi connectivity index (χ3n) is 5.75. The molecule has 2 saturated heterocycles. The summed E-state index contributed by atoms with van der Waals surface area (Å²) in [6, 6.07) is 3.49. The van der Waals surface area contributed by atoms with Crippen LogP contribution >= 0.6 is 0 Å². The zero-order valence-corrected chi connectivity index (χ0v) is 16.2. The van der Waals surface area contributed by atoms with Crippen LogP contribution in [0.3, 0.4) is 0 Å². The highest BCUT2D eigenvalue weighted by Crippen LogP contribution is 2.30. The normalized spacial score (nSPS) is 24.5. The van der Waals surface area contributed by atoms with Crippen LogP contribution in [0.25, 0.3) is 0 Å². The van der Waals surface area contributed by atoms with Gasteiger partial charge in [0.15, 0.2) is 9.84 Å². The highest BCUT2D eigenvalue weighted by Gasteiger charge is 2.35. The molecule has 1 amide bonds. The fraction of sp³-hybridized carbons (Fsp3) is 0.632. The Kier molecular flexibility index (Phi) is 5.21. The van der Waals surface area contributed by atoms with Gasteiger partial charge in [0.1, 0.15) is 0 Å². The van der Waals surface area contributed by atoms with Gasteiger partial charge in [-0.25, -0.2) is 8.42 Å². The van der Waals surface area contributed by atoms with Gasteiger partial charge in [0.05, 0.1) is 4.90 Å². The number of carbonyl (C=O) groups is 1. The summed E-state index contributed by atoms with van der Waals surface area (Å²) >= 11 is 0. The first-order valence-corrected chi connectivity index (χ1v) is 11.0. The standard InChI is InChI=1S/C19H28N2O3S/c1-13-10-16(25(3,23)24)11-17(14(13)2)19(22)21-9-5-4-6-18(21)15-7-8-20-12-15/h10-11,15,18,20H,4-9,12H2,1-3H3. The van der Waals surface area contributed by atoms with Crippen LogP contribution in [0.5, 0.6) is 0 Å². The van der Waals surface area contributed by atoms with Gasteiger partial charge in [0, 0.05) is 24.4 Å². The Hall–Kier alpha value is -1.40. The van der Waals surface area contributed by atoms with Crippen LogP contribution in [0, 0.1) is 19.8 Å². The minimum atomic E-state index is -3.34. The Morgan fingerprint density at radius 2 is 1.96 bits per heavy atom. The SMILES string of the molecule is Cc1cc(S(C)(=O)=O)cc(C(=O)N2CCCCC2C2CCNC2)c1C. The van der Waals surface area contributed by atoms with Crippen molar-refractivity contribution in [3.63, 3.8) is 0 Å². The number of likely N-dealkylation sites (tertiary alicyclic amines) is 1. The molecule has 2 atom stereocenters. The summed E-state index contributed by atoms with van der Waals surface area (Å²) < 4.78 is 24.0. The maximum atomic E-state index is 13.3. The Labute approximate surface area is 150 Å². The molecule has 2 fully saturated rings. The van der Waals surface area contributed by atoms with E-state index in [1.165, 1.54) is 6.26 Å². The molecule has 6 heteroatoms. The van der Waals surface area contributed by atoms with E-state index in [0.29, 0.717) is 11.5 Å². The molecule has 1 aromatic carbocycles. The molecule has 0 spiro atoms. The van der Waals surface area contributed by atoms with Gasteiger partial charge >= 0.3 is 0 Å². The zero-order chi connectivity index (χ0) is 18.2. The second-order valence-corrected chi connectivity index (χ2v) is 9.52. The average Bonchev–Trinajstić information content (AvgIpc) is 3.10. The summed E-state index contributed by atoms with van der Waals surface area (Å²) in [5.41, 5.74) is 2.27. The molecule has 2 aliphatic rings. The summed E-state index contributed by atoms with van der Waals surface area (Å²) in [5, 5.41) is 3.40. The summed E-state index contributed by atoms with van der Waals surface area (Å²) in [5.74, 6) is 0.492. The first kappa shape index (κ1) is 18.4. The minimum Gasteiger partial charge on any atom is -0.335 e. The van der Waals surface area contributed by atoms with Crippen molar-refractivity contribution in [2.45, 2.75) is 50.5 Å². The molecule has 25 heavy (non-hydrogen) atoms. The van der Waals surface area contributed by atoms with Gasteiger partial charge < -0.3 is 10.2 Å². The molecule has 0 aromatic heterocycles. The summed E-state index contributed by atoms with van der Waals surface area (Å²) in [7, 11) is -3.34. The lowest BCUT2D eigenvalue weighted by molar-refractivity contribution is 0.0529. The topological polar surface area (TPSA) is 66.5 Å². The van der Waals surface area contributed by atoms with Gasteiger partial charge in [-0.05, 0) is 81.8 Å². The molecule has 0 saturated carbocycles. The third kappa shape index (κ3) is 3.75. The third-order valence-corrected chi connectivity index (χ3v) is 6.84. The molecule has 1 aromatic rings. The van der Waals surface area contributed by atoms with Gasteiger partial charge in [-0.3, -0.25) is 4.79 Å². The van der Waals surface area contributed by atoms with Gasteiger partial charge in [0.25, 0.3) is 5.91 Å². The lowest BCUT2D eigenvalue weighted by Crippen LogP contribution is -2.48. The molecule has 2 aliphatic heterocycles. The zero-order valence-electron chi connectivity index (χ0n) is 15.3. The molecule has 0 bridgehead atoms. The molecule has 5 nitrogen and oxygen atoms in total. The maximum absolute atomic E-state index is 13.3. The quantitative estimate of drug-likeness (QED) is 0.894. The predicted molar refractivity (Wildman–Crippen MR) is 98.7 cm³/mol. The van der Waals surface area contributed by atoms with Crippen LogP contribution in [-0.2, 0) is 9.84 Å². The first-order valence-electron chi connectivity index (χ1n) is 9.12. The van der Waals surface area contributed by atoms with Crippen molar-refractivity contribution in [3.8, 4) is 0 Å². The van der Waals surface area contributed by atoms with Crippen LogP contribution in [0.4, 0.5) is 0 Å². The van der Waals surface area contributed by atoms with Crippen molar-refractivity contribution in [2.24, 2.45) is 5.92 Å². The molecular formula is C19H28N2O3S. The molecule has 0 radical (unpaired) electrons. The summed E-state index contributed by atoms with van der Waals surface area (Å²) in [6.07, 6.45) is 5.52. The molecule has 138 valence electrons. The van der Waals surface area contributed by atoms with Crippen LogP contribution in [-0.4, -0.2) is 51.2 Å². The fourth-order valence-electron chi connectivity index (χ4n) is 4.12. The number of aryl methyl sites for hydroxylation is 1. The number of hydrogen-bond donors (Lipinski definition) is 1. The second-order valence-electron chi connectivity index (χ2n) is 7.50. The van der Waals surface area contributed by atoms with Crippen LogP contribution in [0.1, 0.15) is 47.2 Å². The van der Waals surface area contributed by atoms with E-state index >= 15 is 0 Å². The van der Waals surface area contributed by atoms with Crippen LogP contribution in [0.2, 0.25) is 0 Å². The summed E-state index contributed by atoms with van der Waals surface area (Å²) in [4.78, 5) is 15.6. The van der Waals surface area contributed by atoms with E-state index in [2.05, 4.69) is 5.32 Å². The Morgan fingerprint density at radius 3 is 2.60 bits per heavy atom. The average molecular weight is 365 g/mol. The number of piperidine rings is 1. The maximum Gasteiger partial charge on any atom is 0.254 e. The second kappa shape index (κ2) is 7.08. The van der Waals surface area contributed by atoms with Gasteiger partial charge in [-0.15, -0.1) is 0 Å². The molecule has 0 aliphatic carbocycles. The number of hydrogen-bond acceptors (Lipinski definition) is 4. The Morgan fingerprint density at radius 1 is 1.20 bits per heavy atom. The molecule has 3 rings (SSSR count). The number of nitrogens with one attached hydrogen (secondary N) is 1. The molecular weight excluding hydrogens is 336 g/mol. The van der Waals surface area contributed by atoms with Crippen molar-refractivity contribution >= 4 is 15.7 Å². The van der Waals surface area contributed by atoms with E-state index in [0.717, 1.165) is 56.4 Å². The highest BCUT2D eigenvalue weighted by atomic mass is 32.2. The van der Waals surface area contributed by atoms with Crippen molar-refractivity contribution in [2.75, 3.05) is 25.9 Å². The lowest BCUT2D eigenvalue weighted by Gasteiger charge is -2.39. The Balaban J connectivity index is 1.97. The number of carbonyl (C=O) groups excluding carboxylic acids is 1. The van der Waals surface area contributed by atoms with Crippen molar-refractivity contribution < 1.29 is 13.2 Å². The molecule has 1 N–H and O–H groups in total. The number of amides is 1. The first-order chi connectivity index (χ1) is 11.8. The van der Waals surface area contributed by atoms with Crippen molar-refractivity contribution in [3.05, 3.63) is 28.8 Å². The smallest absolute Gasteiger partial charge is 0.254 e. The lowest BCUT2D eigenvalue weighted by atomic mass is 9.88.